The molecule has 0 amide bonds. The maximum Gasteiger partial charge on any atom is 0.193 e. The van der Waals surface area contributed by atoms with E-state index in [0.717, 1.165) is 22.9 Å². The first-order valence-electron chi connectivity index (χ1n) is 7.82. The Kier molecular flexibility index (Phi) is 6.96. The van der Waals surface area contributed by atoms with Gasteiger partial charge in [-0.05, 0) is 30.7 Å². The van der Waals surface area contributed by atoms with Crippen LogP contribution in [-0.2, 0) is 6.54 Å². The van der Waals surface area contributed by atoms with E-state index in [2.05, 4.69) is 20.3 Å². The molecule has 3 aromatic rings. The van der Waals surface area contributed by atoms with Crippen LogP contribution in [0, 0.1) is 6.92 Å². The normalized spacial score (nSPS) is 10.9. The minimum absolute atomic E-state index is 0. The lowest BCUT2D eigenvalue weighted by Gasteiger charge is -2.10. The van der Waals surface area contributed by atoms with Crippen molar-refractivity contribution in [2.75, 3.05) is 12.4 Å². The molecule has 2 heterocycles. The average molecular weight is 464 g/mol. The van der Waals surface area contributed by atoms with Gasteiger partial charge in [-0.25, -0.2) is 15.0 Å². The number of ether oxygens (including phenoxy) is 1. The first kappa shape index (κ1) is 19.7. The summed E-state index contributed by atoms with van der Waals surface area (Å²) in [6.45, 7) is 2.37. The number of methoxy groups -OCH3 is 1. The Morgan fingerprint density at radius 1 is 1.23 bits per heavy atom. The number of hydrogen-bond donors (Lipinski definition) is 2. The Hall–Kier alpha value is -2.62. The summed E-state index contributed by atoms with van der Waals surface area (Å²) in [6.07, 6.45) is 5.42. The second kappa shape index (κ2) is 9.18. The lowest BCUT2D eigenvalue weighted by molar-refractivity contribution is 0.417. The lowest BCUT2D eigenvalue weighted by atomic mass is 10.3. The van der Waals surface area contributed by atoms with E-state index < -0.39 is 0 Å². The second-order valence-corrected chi connectivity index (χ2v) is 5.40. The fourth-order valence-corrected chi connectivity index (χ4v) is 2.37. The van der Waals surface area contributed by atoms with E-state index in [1.807, 2.05) is 54.1 Å². The molecule has 2 aromatic heterocycles. The monoisotopic (exact) mass is 464 g/mol. The number of pyridine rings is 1. The number of aryl methyl sites for hydroxylation is 1. The fraction of sp³-hybridized carbons (Fsp3) is 0.167. The van der Waals surface area contributed by atoms with Crippen molar-refractivity contribution in [3.8, 4) is 11.6 Å². The number of nitrogens with two attached hydrogens (primary N) is 1. The van der Waals surface area contributed by atoms with Crippen LogP contribution in [0.2, 0.25) is 0 Å². The van der Waals surface area contributed by atoms with Crippen LogP contribution in [-0.4, -0.2) is 27.6 Å². The molecule has 0 unspecified atom stereocenters. The minimum atomic E-state index is 0. The Balaban J connectivity index is 0.00000243. The molecule has 0 aliphatic carbocycles. The zero-order chi connectivity index (χ0) is 17.6. The number of nitrogens with one attached hydrogen (secondary N) is 1. The molecule has 0 aliphatic heterocycles. The molecule has 8 heteroatoms. The quantitative estimate of drug-likeness (QED) is 0.344. The molecule has 0 radical (unpaired) electrons. The zero-order valence-electron chi connectivity index (χ0n) is 14.6. The summed E-state index contributed by atoms with van der Waals surface area (Å²) in [5.41, 5.74) is 7.69. The van der Waals surface area contributed by atoms with Gasteiger partial charge in [-0.2, -0.15) is 0 Å². The van der Waals surface area contributed by atoms with Gasteiger partial charge >= 0.3 is 0 Å². The minimum Gasteiger partial charge on any atom is -0.495 e. The molecule has 0 spiro atoms. The lowest BCUT2D eigenvalue weighted by Crippen LogP contribution is -2.22. The van der Waals surface area contributed by atoms with Crippen molar-refractivity contribution in [3.63, 3.8) is 0 Å². The predicted molar refractivity (Wildman–Crippen MR) is 113 cm³/mol. The van der Waals surface area contributed by atoms with Crippen molar-refractivity contribution >= 4 is 35.6 Å². The Labute approximate surface area is 169 Å². The highest BCUT2D eigenvalue weighted by molar-refractivity contribution is 14.0. The summed E-state index contributed by atoms with van der Waals surface area (Å²) in [5, 5.41) is 3.04. The number of halogens is 1. The molecule has 3 N–H and O–H groups in total. The van der Waals surface area contributed by atoms with E-state index >= 15 is 0 Å². The van der Waals surface area contributed by atoms with E-state index in [1.54, 1.807) is 19.5 Å². The summed E-state index contributed by atoms with van der Waals surface area (Å²) in [7, 11) is 1.61. The van der Waals surface area contributed by atoms with Gasteiger partial charge in [-0.1, -0.05) is 18.2 Å². The predicted octanol–water partition coefficient (Wildman–Crippen LogP) is 3.13. The van der Waals surface area contributed by atoms with Gasteiger partial charge in [0.05, 0.1) is 19.3 Å². The molecule has 0 fully saturated rings. The molecule has 1 aromatic carbocycles. The van der Waals surface area contributed by atoms with Gasteiger partial charge in [-0.15, -0.1) is 24.0 Å². The van der Waals surface area contributed by atoms with Crippen LogP contribution in [0.15, 0.2) is 60.0 Å². The highest BCUT2D eigenvalue weighted by atomic mass is 127. The summed E-state index contributed by atoms with van der Waals surface area (Å²) in [4.78, 5) is 13.0. The number of hydrogen-bond acceptors (Lipinski definition) is 4. The summed E-state index contributed by atoms with van der Waals surface area (Å²) < 4.78 is 7.20. The molecule has 3 rings (SSSR count). The van der Waals surface area contributed by atoms with Gasteiger partial charge in [0, 0.05) is 18.6 Å². The summed E-state index contributed by atoms with van der Waals surface area (Å²) >= 11 is 0. The Bertz CT molecular complexity index is 875. The molecule has 136 valence electrons. The van der Waals surface area contributed by atoms with E-state index in [4.69, 9.17) is 10.5 Å². The number of guanidine groups is 1. The highest BCUT2D eigenvalue weighted by Gasteiger charge is 2.04. The van der Waals surface area contributed by atoms with Gasteiger partial charge in [0.15, 0.2) is 5.96 Å². The van der Waals surface area contributed by atoms with Gasteiger partial charge in [0.1, 0.15) is 17.4 Å². The van der Waals surface area contributed by atoms with Crippen LogP contribution in [0.25, 0.3) is 5.82 Å². The average Bonchev–Trinajstić information content (AvgIpc) is 3.07. The molecule has 7 nitrogen and oxygen atoms in total. The van der Waals surface area contributed by atoms with Gasteiger partial charge < -0.3 is 15.8 Å². The molecule has 26 heavy (non-hydrogen) atoms. The topological polar surface area (TPSA) is 90.3 Å². The van der Waals surface area contributed by atoms with E-state index in [9.17, 15) is 0 Å². The molecule has 0 atom stereocenters. The first-order valence-corrected chi connectivity index (χ1v) is 7.82. The van der Waals surface area contributed by atoms with Crippen molar-refractivity contribution in [2.24, 2.45) is 10.7 Å². The number of aliphatic imine (C=N–C) groups is 1. The summed E-state index contributed by atoms with van der Waals surface area (Å²) in [5.74, 6) is 2.74. The van der Waals surface area contributed by atoms with Crippen LogP contribution in [0.5, 0.6) is 5.75 Å². The molecule has 0 bridgehead atoms. The van der Waals surface area contributed by atoms with Crippen LogP contribution in [0.4, 0.5) is 5.69 Å². The van der Waals surface area contributed by atoms with Gasteiger partial charge in [-0.3, -0.25) is 4.57 Å². The Morgan fingerprint density at radius 3 is 2.69 bits per heavy atom. The number of benzene rings is 1. The standard InChI is InChI=1S/C18H20N6O.HI/c1-13-20-9-10-24(13)17-8-7-14(11-21-17)12-22-18(19)23-15-5-3-4-6-16(15)25-2;/h3-11H,12H2,1-2H3,(H3,19,22,23);1H. The van der Waals surface area contributed by atoms with Crippen LogP contribution < -0.4 is 15.8 Å². The maximum absolute atomic E-state index is 5.95. The fourth-order valence-electron chi connectivity index (χ4n) is 2.37. The third-order valence-corrected chi connectivity index (χ3v) is 3.68. The molecular formula is C18H21IN6O. The second-order valence-electron chi connectivity index (χ2n) is 5.40. The molecular weight excluding hydrogens is 443 g/mol. The SMILES string of the molecule is COc1ccccc1NC(N)=NCc1ccc(-n2ccnc2C)nc1.I. The zero-order valence-corrected chi connectivity index (χ0v) is 16.9. The van der Waals surface area contributed by atoms with Gasteiger partial charge in [0.2, 0.25) is 0 Å². The maximum atomic E-state index is 5.95. The third kappa shape index (κ3) is 4.72. The number of imidazole rings is 1. The highest BCUT2D eigenvalue weighted by Crippen LogP contribution is 2.22. The third-order valence-electron chi connectivity index (χ3n) is 3.68. The van der Waals surface area contributed by atoms with Crippen molar-refractivity contribution < 1.29 is 4.74 Å². The van der Waals surface area contributed by atoms with Crippen LogP contribution in [0.1, 0.15) is 11.4 Å². The van der Waals surface area contributed by atoms with Gasteiger partial charge in [0.25, 0.3) is 0 Å². The van der Waals surface area contributed by atoms with Crippen molar-refractivity contribution in [3.05, 3.63) is 66.4 Å². The van der Waals surface area contributed by atoms with Crippen molar-refractivity contribution in [1.82, 2.24) is 14.5 Å². The smallest absolute Gasteiger partial charge is 0.193 e. The number of anilines is 1. The van der Waals surface area contributed by atoms with E-state index in [1.165, 1.54) is 0 Å². The van der Waals surface area contributed by atoms with Crippen molar-refractivity contribution in [1.29, 1.82) is 0 Å². The number of nitrogens with zero attached hydrogens (tertiary/aromatic N) is 4. The molecule has 0 saturated heterocycles. The largest absolute Gasteiger partial charge is 0.495 e. The van der Waals surface area contributed by atoms with Crippen molar-refractivity contribution in [2.45, 2.75) is 13.5 Å². The number of aromatic nitrogens is 3. The molecule has 0 aliphatic rings. The van der Waals surface area contributed by atoms with Crippen LogP contribution >= 0.6 is 24.0 Å². The molecule has 0 saturated carbocycles. The van der Waals surface area contributed by atoms with E-state index in [0.29, 0.717) is 18.3 Å². The number of rotatable bonds is 5. The first-order chi connectivity index (χ1) is 12.2. The summed E-state index contributed by atoms with van der Waals surface area (Å²) in [6, 6.07) is 11.4. The number of para-hydroxylation sites is 2. The Morgan fingerprint density at radius 2 is 2.04 bits per heavy atom. The van der Waals surface area contributed by atoms with Crippen LogP contribution in [0.3, 0.4) is 0 Å². The van der Waals surface area contributed by atoms with E-state index in [-0.39, 0.29) is 24.0 Å².